The van der Waals surface area contributed by atoms with E-state index in [4.69, 9.17) is 4.42 Å². The van der Waals surface area contributed by atoms with Gasteiger partial charge in [-0.25, -0.2) is 0 Å². The third-order valence-corrected chi connectivity index (χ3v) is 13.2. The SMILES string of the molecule is CC1(C)c2cc(-c3cc4ccccc4o3)ccc2-c2cc3c(cc21)-c1cc2c(cc1C3(C)C)-c1ccc(N(c3ccccc3)c3ccccc3)cc1C2(C)C. The van der Waals surface area contributed by atoms with Crippen molar-refractivity contribution in [1.29, 1.82) is 0 Å². The van der Waals surface area contributed by atoms with Crippen molar-refractivity contribution in [2.24, 2.45) is 0 Å². The van der Waals surface area contributed by atoms with Crippen LogP contribution in [0, 0.1) is 0 Å². The fraction of sp³-hybridized carbons (Fsp3) is 0.170. The van der Waals surface area contributed by atoms with E-state index in [2.05, 4.69) is 186 Å². The monoisotopic (exact) mass is 709 g/mol. The van der Waals surface area contributed by atoms with Gasteiger partial charge in [-0.3, -0.25) is 0 Å². The second-order valence-corrected chi connectivity index (χ2v) is 17.4. The molecule has 55 heavy (non-hydrogen) atoms. The molecule has 3 aliphatic carbocycles. The van der Waals surface area contributed by atoms with Crippen LogP contribution >= 0.6 is 0 Å². The molecule has 3 aliphatic rings. The number of furan rings is 1. The van der Waals surface area contributed by atoms with Crippen molar-refractivity contribution in [3.8, 4) is 44.7 Å². The van der Waals surface area contributed by atoms with Gasteiger partial charge in [0.15, 0.2) is 0 Å². The highest BCUT2D eigenvalue weighted by atomic mass is 16.3. The first kappa shape index (κ1) is 32.3. The summed E-state index contributed by atoms with van der Waals surface area (Å²) in [6.07, 6.45) is 0. The van der Waals surface area contributed by atoms with Gasteiger partial charge < -0.3 is 9.32 Å². The Morgan fingerprint density at radius 2 is 0.800 bits per heavy atom. The molecule has 0 spiro atoms. The summed E-state index contributed by atoms with van der Waals surface area (Å²) in [6, 6.07) is 56.1. The molecule has 0 bridgehead atoms. The topological polar surface area (TPSA) is 16.4 Å². The van der Waals surface area contributed by atoms with Crippen LogP contribution in [0.3, 0.4) is 0 Å². The normalized spacial score (nSPS) is 15.9. The highest BCUT2D eigenvalue weighted by Gasteiger charge is 2.44. The summed E-state index contributed by atoms with van der Waals surface area (Å²) in [5.74, 6) is 0.922. The zero-order chi connectivity index (χ0) is 37.4. The molecule has 2 nitrogen and oxygen atoms in total. The number of fused-ring (bicyclic) bond motifs is 10. The Bertz CT molecular complexity index is 2820. The van der Waals surface area contributed by atoms with Crippen LogP contribution in [0.2, 0.25) is 0 Å². The number of para-hydroxylation sites is 3. The van der Waals surface area contributed by atoms with E-state index in [-0.39, 0.29) is 16.2 Å². The summed E-state index contributed by atoms with van der Waals surface area (Å²) in [5, 5.41) is 1.14. The van der Waals surface area contributed by atoms with Gasteiger partial charge in [0.1, 0.15) is 11.3 Å². The lowest BCUT2D eigenvalue weighted by molar-refractivity contribution is 0.630. The van der Waals surface area contributed by atoms with Gasteiger partial charge in [0, 0.05) is 44.3 Å². The quantitative estimate of drug-likeness (QED) is 0.181. The van der Waals surface area contributed by atoms with Crippen LogP contribution in [0.5, 0.6) is 0 Å². The highest BCUT2D eigenvalue weighted by molar-refractivity contribution is 5.94. The van der Waals surface area contributed by atoms with Crippen LogP contribution < -0.4 is 4.90 Å². The molecule has 0 aliphatic heterocycles. The van der Waals surface area contributed by atoms with E-state index in [0.29, 0.717) is 0 Å². The minimum Gasteiger partial charge on any atom is -0.456 e. The number of anilines is 3. The molecule has 0 atom stereocenters. The molecular weight excluding hydrogens is 667 g/mol. The lowest BCUT2D eigenvalue weighted by Gasteiger charge is -2.28. The minimum absolute atomic E-state index is 0.139. The standard InChI is InChI=1S/C53H43NO/c1-51(2)43-25-33(50-26-32-15-13-14-20-49(32)55-50)21-23-37(43)39-28-47-41(30-45(39)51)42-31-46-40(29-48(42)53(47,5)6)38-24-22-36(27-44(38)52(46,3)4)54(34-16-9-7-10-17-34)35-18-11-8-12-19-35/h7-31H,1-6H3. The molecule has 266 valence electrons. The summed E-state index contributed by atoms with van der Waals surface area (Å²) in [5.41, 5.74) is 21.7. The Balaban J connectivity index is 1.01. The average molecular weight is 710 g/mol. The first-order valence-electron chi connectivity index (χ1n) is 19.6. The predicted molar refractivity (Wildman–Crippen MR) is 229 cm³/mol. The van der Waals surface area contributed by atoms with E-state index in [1.807, 2.05) is 12.1 Å². The Kier molecular flexibility index (Phi) is 6.45. The third kappa shape index (κ3) is 4.43. The maximum absolute atomic E-state index is 6.32. The Labute approximate surface area is 323 Å². The third-order valence-electron chi connectivity index (χ3n) is 13.2. The number of hydrogen-bond acceptors (Lipinski definition) is 2. The molecule has 1 aromatic heterocycles. The van der Waals surface area contributed by atoms with Gasteiger partial charge in [-0.05, 0) is 146 Å². The molecule has 2 heteroatoms. The summed E-state index contributed by atoms with van der Waals surface area (Å²) in [6.45, 7) is 14.4. The number of nitrogens with zero attached hydrogens (tertiary/aromatic N) is 1. The van der Waals surface area contributed by atoms with Gasteiger partial charge in [0.05, 0.1) is 0 Å². The van der Waals surface area contributed by atoms with Crippen LogP contribution in [-0.4, -0.2) is 0 Å². The molecule has 0 N–H and O–H groups in total. The largest absolute Gasteiger partial charge is 0.456 e. The molecule has 1 heterocycles. The first-order valence-corrected chi connectivity index (χ1v) is 19.6. The van der Waals surface area contributed by atoms with E-state index in [0.717, 1.165) is 33.7 Å². The van der Waals surface area contributed by atoms with E-state index >= 15 is 0 Å². The van der Waals surface area contributed by atoms with Gasteiger partial charge in [-0.1, -0.05) is 114 Å². The molecule has 0 fully saturated rings. The van der Waals surface area contributed by atoms with Gasteiger partial charge in [0.25, 0.3) is 0 Å². The maximum Gasteiger partial charge on any atom is 0.135 e. The molecular formula is C53H43NO. The number of rotatable bonds is 4. The molecule has 0 saturated carbocycles. The van der Waals surface area contributed by atoms with E-state index in [1.165, 1.54) is 72.4 Å². The van der Waals surface area contributed by atoms with Gasteiger partial charge in [-0.2, -0.15) is 0 Å². The van der Waals surface area contributed by atoms with Crippen LogP contribution in [0.15, 0.2) is 156 Å². The number of benzene rings is 7. The van der Waals surface area contributed by atoms with E-state index in [1.54, 1.807) is 0 Å². The molecule has 8 aromatic rings. The maximum atomic E-state index is 6.32. The second-order valence-electron chi connectivity index (χ2n) is 17.4. The number of hydrogen-bond donors (Lipinski definition) is 0. The molecule has 11 rings (SSSR count). The van der Waals surface area contributed by atoms with Crippen LogP contribution in [0.25, 0.3) is 55.7 Å². The molecule has 0 unspecified atom stereocenters. The van der Waals surface area contributed by atoms with Crippen molar-refractivity contribution in [2.45, 2.75) is 57.8 Å². The molecule has 7 aromatic carbocycles. The zero-order valence-corrected chi connectivity index (χ0v) is 32.3. The Morgan fingerprint density at radius 3 is 1.33 bits per heavy atom. The summed E-state index contributed by atoms with van der Waals surface area (Å²) in [4.78, 5) is 2.37. The van der Waals surface area contributed by atoms with Gasteiger partial charge in [-0.15, -0.1) is 0 Å². The molecule has 0 radical (unpaired) electrons. The van der Waals surface area contributed by atoms with Crippen molar-refractivity contribution >= 4 is 28.0 Å². The second kappa shape index (κ2) is 11.0. The van der Waals surface area contributed by atoms with Crippen molar-refractivity contribution < 1.29 is 4.42 Å². The lowest BCUT2D eigenvalue weighted by atomic mass is 9.78. The van der Waals surface area contributed by atoms with E-state index < -0.39 is 0 Å². The molecule has 0 amide bonds. The van der Waals surface area contributed by atoms with Crippen molar-refractivity contribution in [3.05, 3.63) is 185 Å². The van der Waals surface area contributed by atoms with E-state index in [9.17, 15) is 0 Å². The lowest BCUT2D eigenvalue weighted by Crippen LogP contribution is -2.17. The van der Waals surface area contributed by atoms with Crippen LogP contribution in [0.1, 0.15) is 74.9 Å². The fourth-order valence-corrected chi connectivity index (χ4v) is 10.2. The highest BCUT2D eigenvalue weighted by Crippen LogP contribution is 2.60. The molecule has 0 saturated heterocycles. The first-order chi connectivity index (χ1) is 26.5. The van der Waals surface area contributed by atoms with Crippen molar-refractivity contribution in [2.75, 3.05) is 4.90 Å². The summed E-state index contributed by atoms with van der Waals surface area (Å²) < 4.78 is 6.32. The van der Waals surface area contributed by atoms with Gasteiger partial charge in [0.2, 0.25) is 0 Å². The average Bonchev–Trinajstić information content (AvgIpc) is 3.86. The summed E-state index contributed by atoms with van der Waals surface area (Å²) >= 11 is 0. The predicted octanol–water partition coefficient (Wildman–Crippen LogP) is 14.5. The van der Waals surface area contributed by atoms with Crippen LogP contribution in [-0.2, 0) is 16.2 Å². The van der Waals surface area contributed by atoms with Crippen LogP contribution in [0.4, 0.5) is 17.1 Å². The Morgan fingerprint density at radius 1 is 0.364 bits per heavy atom. The zero-order valence-electron chi connectivity index (χ0n) is 32.3. The van der Waals surface area contributed by atoms with Crippen molar-refractivity contribution in [1.82, 2.24) is 0 Å². The van der Waals surface area contributed by atoms with Crippen molar-refractivity contribution in [3.63, 3.8) is 0 Å². The fourth-order valence-electron chi connectivity index (χ4n) is 10.2. The van der Waals surface area contributed by atoms with Gasteiger partial charge >= 0.3 is 0 Å². The Hall–Kier alpha value is -6.12. The minimum atomic E-state index is -0.166. The smallest absolute Gasteiger partial charge is 0.135 e. The summed E-state index contributed by atoms with van der Waals surface area (Å²) in [7, 11) is 0.